The molecule has 6 heteroatoms. The van der Waals surface area contributed by atoms with Gasteiger partial charge < -0.3 is 15.2 Å². The van der Waals surface area contributed by atoms with Crippen LogP contribution >= 0.6 is 11.6 Å². The summed E-state index contributed by atoms with van der Waals surface area (Å²) in [6.07, 6.45) is -0.596. The van der Waals surface area contributed by atoms with E-state index in [1.165, 1.54) is 0 Å². The van der Waals surface area contributed by atoms with Gasteiger partial charge in [-0.15, -0.1) is 11.6 Å². The summed E-state index contributed by atoms with van der Waals surface area (Å²) in [5.41, 5.74) is 6.21. The fourth-order valence-corrected chi connectivity index (χ4v) is 4.28. The molecule has 2 N–H and O–H groups in total. The number of ether oxygens (including phenoxy) is 1. The first kappa shape index (κ1) is 21.9. The Balaban J connectivity index is 1.41. The molecule has 0 saturated heterocycles. The maximum atomic E-state index is 12.5. The molecule has 0 bridgehead atoms. The number of carboxylic acids is 1. The molecule has 164 valence electrons. The van der Waals surface area contributed by atoms with Crippen LogP contribution in [0.3, 0.4) is 0 Å². The molecule has 4 rings (SSSR count). The number of benzene rings is 3. The van der Waals surface area contributed by atoms with Crippen LogP contribution in [0.15, 0.2) is 72.8 Å². The van der Waals surface area contributed by atoms with Gasteiger partial charge in [0.05, 0.1) is 5.38 Å². The van der Waals surface area contributed by atoms with E-state index in [1.807, 2.05) is 67.6 Å². The largest absolute Gasteiger partial charge is 0.480 e. The molecule has 0 heterocycles. The molecule has 0 saturated carbocycles. The van der Waals surface area contributed by atoms with Crippen molar-refractivity contribution in [2.45, 2.75) is 30.7 Å². The number of carboxylic acid groups (broad SMARTS) is 1. The standard InChI is InChI=1S/C26H24ClNO4/c1-16(27)18-12-10-17(11-13-18)14-24(25(29)30)28-26(31)32-15-23-21-8-4-2-6-19(21)20-7-3-5-9-22(20)23/h2-13,16,23-24H,14-15H2,1H3,(H,28,31)(H,29,30)/t16?,24-/m0/s1. The Kier molecular flexibility index (Phi) is 6.47. The number of aliphatic carboxylic acids is 1. The van der Waals surface area contributed by atoms with E-state index >= 15 is 0 Å². The number of hydrogen-bond donors (Lipinski definition) is 2. The van der Waals surface area contributed by atoms with Gasteiger partial charge in [-0.3, -0.25) is 0 Å². The summed E-state index contributed by atoms with van der Waals surface area (Å²) in [5, 5.41) is 11.9. The molecule has 1 aliphatic carbocycles. The zero-order valence-corrected chi connectivity index (χ0v) is 18.4. The molecule has 2 atom stereocenters. The first-order chi connectivity index (χ1) is 15.4. The first-order valence-electron chi connectivity index (χ1n) is 10.5. The Morgan fingerprint density at radius 1 is 0.969 bits per heavy atom. The second-order valence-electron chi connectivity index (χ2n) is 7.92. The van der Waals surface area contributed by atoms with Crippen molar-refractivity contribution in [2.75, 3.05) is 6.61 Å². The average molecular weight is 450 g/mol. The molecule has 32 heavy (non-hydrogen) atoms. The lowest BCUT2D eigenvalue weighted by Crippen LogP contribution is -2.42. The van der Waals surface area contributed by atoms with Crippen molar-refractivity contribution in [3.63, 3.8) is 0 Å². The summed E-state index contributed by atoms with van der Waals surface area (Å²) < 4.78 is 5.48. The third-order valence-corrected chi connectivity index (χ3v) is 6.06. The molecule has 0 spiro atoms. The lowest BCUT2D eigenvalue weighted by atomic mass is 9.98. The lowest BCUT2D eigenvalue weighted by Gasteiger charge is -2.18. The van der Waals surface area contributed by atoms with Gasteiger partial charge in [-0.2, -0.15) is 0 Å². The molecule has 1 amide bonds. The van der Waals surface area contributed by atoms with Crippen LogP contribution in [0, 0.1) is 0 Å². The van der Waals surface area contributed by atoms with Gasteiger partial charge >= 0.3 is 12.1 Å². The molecule has 3 aromatic carbocycles. The van der Waals surface area contributed by atoms with E-state index in [2.05, 4.69) is 17.4 Å². The Bertz CT molecular complexity index is 1080. The van der Waals surface area contributed by atoms with Gasteiger partial charge in [0.2, 0.25) is 0 Å². The van der Waals surface area contributed by atoms with E-state index in [1.54, 1.807) is 0 Å². The summed E-state index contributed by atoms with van der Waals surface area (Å²) in [4.78, 5) is 24.2. The van der Waals surface area contributed by atoms with E-state index in [0.29, 0.717) is 0 Å². The second kappa shape index (κ2) is 9.45. The number of amides is 1. The lowest BCUT2D eigenvalue weighted by molar-refractivity contribution is -0.139. The summed E-state index contributed by atoms with van der Waals surface area (Å²) in [6, 6.07) is 22.4. The predicted molar refractivity (Wildman–Crippen MR) is 124 cm³/mol. The number of rotatable bonds is 7. The van der Waals surface area contributed by atoms with Crippen LogP contribution in [0.1, 0.15) is 40.5 Å². The Morgan fingerprint density at radius 3 is 2.06 bits per heavy atom. The Labute approximate surface area is 192 Å². The molecule has 0 aromatic heterocycles. The van der Waals surface area contributed by atoms with E-state index in [9.17, 15) is 14.7 Å². The number of nitrogens with one attached hydrogen (secondary N) is 1. The van der Waals surface area contributed by atoms with E-state index < -0.39 is 18.1 Å². The number of alkyl halides is 1. The Morgan fingerprint density at radius 2 is 1.53 bits per heavy atom. The highest BCUT2D eigenvalue weighted by Crippen LogP contribution is 2.44. The summed E-state index contributed by atoms with van der Waals surface area (Å²) in [6.45, 7) is 2.00. The van der Waals surface area contributed by atoms with Crippen molar-refractivity contribution in [1.29, 1.82) is 0 Å². The number of alkyl carbamates (subject to hydrolysis) is 1. The minimum absolute atomic E-state index is 0.0819. The fraction of sp³-hybridized carbons (Fsp3) is 0.231. The van der Waals surface area contributed by atoms with Crippen LogP contribution < -0.4 is 5.32 Å². The highest BCUT2D eigenvalue weighted by atomic mass is 35.5. The van der Waals surface area contributed by atoms with Crippen LogP contribution in [0.2, 0.25) is 0 Å². The van der Waals surface area contributed by atoms with Gasteiger partial charge in [0, 0.05) is 12.3 Å². The van der Waals surface area contributed by atoms with E-state index in [0.717, 1.165) is 33.4 Å². The third kappa shape index (κ3) is 4.63. The van der Waals surface area contributed by atoms with Gasteiger partial charge in [-0.1, -0.05) is 72.8 Å². The highest BCUT2D eigenvalue weighted by molar-refractivity contribution is 6.20. The first-order valence-corrected chi connectivity index (χ1v) is 10.9. The van der Waals surface area contributed by atoms with Crippen molar-refractivity contribution in [3.05, 3.63) is 95.1 Å². The number of halogens is 1. The maximum Gasteiger partial charge on any atom is 0.407 e. The molecule has 0 aliphatic heterocycles. The smallest absolute Gasteiger partial charge is 0.407 e. The molecular formula is C26H24ClNO4. The maximum absolute atomic E-state index is 12.5. The Hall–Kier alpha value is -3.31. The average Bonchev–Trinajstić information content (AvgIpc) is 3.11. The fourth-order valence-electron chi connectivity index (χ4n) is 4.14. The number of hydrogen-bond acceptors (Lipinski definition) is 3. The second-order valence-corrected chi connectivity index (χ2v) is 8.58. The van der Waals surface area contributed by atoms with Crippen molar-refractivity contribution in [2.24, 2.45) is 0 Å². The SMILES string of the molecule is CC(Cl)c1ccc(C[C@H](NC(=O)OCC2c3ccccc3-c3ccccc32)C(=O)O)cc1. The van der Waals surface area contributed by atoms with E-state index in [4.69, 9.17) is 16.3 Å². The zero-order valence-electron chi connectivity index (χ0n) is 17.6. The van der Waals surface area contributed by atoms with Crippen molar-refractivity contribution in [1.82, 2.24) is 5.32 Å². The molecule has 1 aliphatic rings. The number of carbonyl (C=O) groups excluding carboxylic acids is 1. The van der Waals surface area contributed by atoms with Gasteiger partial charge in [0.15, 0.2) is 0 Å². The third-order valence-electron chi connectivity index (χ3n) is 5.81. The quantitative estimate of drug-likeness (QED) is 0.465. The van der Waals surface area contributed by atoms with Crippen LogP contribution in [0.4, 0.5) is 4.79 Å². The van der Waals surface area contributed by atoms with Gasteiger partial charge in [0.1, 0.15) is 12.6 Å². The van der Waals surface area contributed by atoms with Crippen LogP contribution in [-0.2, 0) is 16.0 Å². The van der Waals surface area contributed by atoms with Crippen molar-refractivity contribution >= 4 is 23.7 Å². The molecule has 5 nitrogen and oxygen atoms in total. The highest BCUT2D eigenvalue weighted by Gasteiger charge is 2.29. The number of carbonyl (C=O) groups is 2. The van der Waals surface area contributed by atoms with Gasteiger partial charge in [-0.25, -0.2) is 9.59 Å². The number of fused-ring (bicyclic) bond motifs is 3. The molecular weight excluding hydrogens is 426 g/mol. The molecule has 0 radical (unpaired) electrons. The van der Waals surface area contributed by atoms with Crippen LogP contribution in [0.5, 0.6) is 0 Å². The van der Waals surface area contributed by atoms with Crippen LogP contribution in [-0.4, -0.2) is 29.8 Å². The summed E-state index contributed by atoms with van der Waals surface area (Å²) >= 11 is 6.06. The zero-order chi connectivity index (χ0) is 22.7. The normalized spacial score (nSPS) is 14.2. The summed E-state index contributed by atoms with van der Waals surface area (Å²) in [7, 11) is 0. The minimum atomic E-state index is -1.12. The minimum Gasteiger partial charge on any atom is -0.480 e. The van der Waals surface area contributed by atoms with Gasteiger partial charge in [-0.05, 0) is 40.3 Å². The molecule has 3 aromatic rings. The van der Waals surface area contributed by atoms with E-state index in [-0.39, 0.29) is 24.3 Å². The topological polar surface area (TPSA) is 75.6 Å². The van der Waals surface area contributed by atoms with Crippen molar-refractivity contribution in [3.8, 4) is 11.1 Å². The van der Waals surface area contributed by atoms with Crippen molar-refractivity contribution < 1.29 is 19.4 Å². The predicted octanol–water partition coefficient (Wildman–Crippen LogP) is 5.52. The molecule has 0 fully saturated rings. The summed E-state index contributed by atoms with van der Waals surface area (Å²) in [5.74, 6) is -1.20. The van der Waals surface area contributed by atoms with Gasteiger partial charge in [0.25, 0.3) is 0 Å². The van der Waals surface area contributed by atoms with Crippen LogP contribution in [0.25, 0.3) is 11.1 Å². The molecule has 1 unspecified atom stereocenters. The monoisotopic (exact) mass is 449 g/mol.